The molecule has 1 unspecified atom stereocenters. The van der Waals surface area contributed by atoms with Crippen molar-refractivity contribution >= 4 is 44.6 Å². The predicted octanol–water partition coefficient (Wildman–Crippen LogP) is 3.81. The number of likely N-dealkylation sites (N-methyl/N-ethyl adjacent to an activating group) is 1. The van der Waals surface area contributed by atoms with E-state index < -0.39 is 46.8 Å². The van der Waals surface area contributed by atoms with Crippen molar-refractivity contribution in [3.05, 3.63) is 83.4 Å². The SMILES string of the molecule is CC(C)NC(=O)C#Cc1cc2c(cc1S(=O)(=O)N1CC(F)(F)C1)C(C(=Nc1ccc(N3CCN(C)CC3)cc1)c1ccccc1)C(=O)N2. The average molecular weight is 675 g/mol. The van der Waals surface area contributed by atoms with E-state index in [-0.39, 0.29) is 16.5 Å². The van der Waals surface area contributed by atoms with Crippen LogP contribution in [0, 0.1) is 11.8 Å². The van der Waals surface area contributed by atoms with Crippen LogP contribution in [0.25, 0.3) is 0 Å². The Morgan fingerprint density at radius 3 is 2.31 bits per heavy atom. The van der Waals surface area contributed by atoms with Gasteiger partial charge in [0.05, 0.1) is 29.4 Å². The van der Waals surface area contributed by atoms with E-state index in [1.165, 1.54) is 12.1 Å². The molecule has 3 aliphatic heterocycles. The maximum atomic E-state index is 13.8. The summed E-state index contributed by atoms with van der Waals surface area (Å²) >= 11 is 0. The van der Waals surface area contributed by atoms with Gasteiger partial charge in [-0.25, -0.2) is 17.2 Å². The van der Waals surface area contributed by atoms with E-state index in [2.05, 4.69) is 39.3 Å². The van der Waals surface area contributed by atoms with E-state index in [9.17, 15) is 26.8 Å². The molecule has 3 aliphatic rings. The molecular formula is C35H36F2N6O4S. The number of nitrogens with zero attached hydrogens (tertiary/aromatic N) is 4. The summed E-state index contributed by atoms with van der Waals surface area (Å²) < 4.78 is 55.8. The normalized spacial score (nSPS) is 19.6. The van der Waals surface area contributed by atoms with E-state index in [0.29, 0.717) is 32.5 Å². The molecular weight excluding hydrogens is 638 g/mol. The fourth-order valence-corrected chi connectivity index (χ4v) is 7.58. The maximum Gasteiger partial charge on any atom is 0.296 e. The van der Waals surface area contributed by atoms with Gasteiger partial charge in [0, 0.05) is 55.1 Å². The van der Waals surface area contributed by atoms with Crippen LogP contribution < -0.4 is 15.5 Å². The summed E-state index contributed by atoms with van der Waals surface area (Å²) in [6.07, 6.45) is 0. The summed E-state index contributed by atoms with van der Waals surface area (Å²) in [5, 5.41) is 5.43. The van der Waals surface area contributed by atoms with Crippen molar-refractivity contribution in [3.8, 4) is 11.8 Å². The van der Waals surface area contributed by atoms with Crippen LogP contribution in [0.2, 0.25) is 0 Å². The topological polar surface area (TPSA) is 114 Å². The Balaban J connectivity index is 1.43. The van der Waals surface area contributed by atoms with Gasteiger partial charge >= 0.3 is 0 Å². The number of halogens is 2. The molecule has 0 aliphatic carbocycles. The summed E-state index contributed by atoms with van der Waals surface area (Å²) in [7, 11) is -2.38. The summed E-state index contributed by atoms with van der Waals surface area (Å²) in [5.41, 5.74) is 3.20. The monoisotopic (exact) mass is 674 g/mol. The first-order valence-corrected chi connectivity index (χ1v) is 17.1. The van der Waals surface area contributed by atoms with E-state index >= 15 is 0 Å². The lowest BCUT2D eigenvalue weighted by Crippen LogP contribution is -2.58. The Morgan fingerprint density at radius 1 is 1.02 bits per heavy atom. The zero-order valence-electron chi connectivity index (χ0n) is 26.8. The Hall–Kier alpha value is -4.64. The molecule has 0 bridgehead atoms. The minimum absolute atomic E-state index is 0.0958. The number of carbonyl (C=O) groups excluding carboxylic acids is 2. The van der Waals surface area contributed by atoms with Gasteiger partial charge in [0.1, 0.15) is 5.92 Å². The molecule has 250 valence electrons. The highest BCUT2D eigenvalue weighted by Crippen LogP contribution is 2.41. The molecule has 1 atom stereocenters. The molecule has 2 fully saturated rings. The first-order chi connectivity index (χ1) is 22.8. The number of amides is 2. The molecule has 0 radical (unpaired) electrons. The average Bonchev–Trinajstić information content (AvgIpc) is 3.36. The number of rotatable bonds is 7. The van der Waals surface area contributed by atoms with Crippen LogP contribution in [-0.4, -0.2) is 93.4 Å². The second kappa shape index (κ2) is 13.1. The van der Waals surface area contributed by atoms with Crippen LogP contribution in [0.15, 0.2) is 76.6 Å². The summed E-state index contributed by atoms with van der Waals surface area (Å²) in [6, 6.07) is 19.3. The number of hydrogen-bond acceptors (Lipinski definition) is 7. The number of piperazine rings is 1. The molecule has 6 rings (SSSR count). The molecule has 13 heteroatoms. The predicted molar refractivity (Wildman–Crippen MR) is 180 cm³/mol. The molecule has 3 aromatic rings. The van der Waals surface area contributed by atoms with Gasteiger partial charge in [-0.2, -0.15) is 4.31 Å². The van der Waals surface area contributed by atoms with Gasteiger partial charge in [-0.3, -0.25) is 14.6 Å². The first kappa shape index (κ1) is 33.3. The van der Waals surface area contributed by atoms with Gasteiger partial charge in [-0.05, 0) is 68.4 Å². The van der Waals surface area contributed by atoms with E-state index in [1.54, 1.807) is 13.8 Å². The molecule has 3 aromatic carbocycles. The quantitative estimate of drug-likeness (QED) is 0.291. The second-order valence-corrected chi connectivity index (χ2v) is 14.4. The van der Waals surface area contributed by atoms with Gasteiger partial charge in [-0.15, -0.1) is 0 Å². The fraction of sp³-hybridized carbons (Fsp3) is 0.343. The van der Waals surface area contributed by atoms with Gasteiger partial charge in [0.25, 0.3) is 11.8 Å². The molecule has 2 amide bonds. The number of carbonyl (C=O) groups is 2. The molecule has 10 nitrogen and oxygen atoms in total. The highest BCUT2D eigenvalue weighted by atomic mass is 32.2. The van der Waals surface area contributed by atoms with E-state index in [4.69, 9.17) is 4.99 Å². The van der Waals surface area contributed by atoms with Crippen LogP contribution in [0.4, 0.5) is 25.8 Å². The van der Waals surface area contributed by atoms with Crippen molar-refractivity contribution in [1.82, 2.24) is 14.5 Å². The van der Waals surface area contributed by atoms with Gasteiger partial charge in [-0.1, -0.05) is 36.3 Å². The third-order valence-corrected chi connectivity index (χ3v) is 10.3. The molecule has 2 N–H and O–H groups in total. The highest BCUT2D eigenvalue weighted by Gasteiger charge is 2.50. The Labute approximate surface area is 278 Å². The Bertz CT molecular complexity index is 1920. The fourth-order valence-electron chi connectivity index (χ4n) is 5.92. The molecule has 0 spiro atoms. The number of anilines is 2. The largest absolute Gasteiger partial charge is 0.369 e. The lowest BCUT2D eigenvalue weighted by Gasteiger charge is -2.37. The number of sulfonamides is 1. The smallest absolute Gasteiger partial charge is 0.296 e. The van der Waals surface area contributed by atoms with Crippen molar-refractivity contribution in [1.29, 1.82) is 0 Å². The lowest BCUT2D eigenvalue weighted by molar-refractivity contribution is -0.116. The Morgan fingerprint density at radius 2 is 1.69 bits per heavy atom. The van der Waals surface area contributed by atoms with Gasteiger partial charge < -0.3 is 20.4 Å². The third-order valence-electron chi connectivity index (χ3n) is 8.46. The van der Waals surface area contributed by atoms with Gasteiger partial charge in [0.15, 0.2) is 0 Å². The molecule has 0 saturated carbocycles. The molecule has 0 aromatic heterocycles. The Kier molecular flexibility index (Phi) is 9.08. The van der Waals surface area contributed by atoms with E-state index in [0.717, 1.165) is 31.9 Å². The number of fused-ring (bicyclic) bond motifs is 1. The van der Waals surface area contributed by atoms with Crippen LogP contribution in [0.3, 0.4) is 0 Å². The molecule has 2 saturated heterocycles. The maximum absolute atomic E-state index is 13.8. The van der Waals surface area contributed by atoms with Gasteiger partial charge in [0.2, 0.25) is 15.9 Å². The number of alkyl halides is 2. The first-order valence-electron chi connectivity index (χ1n) is 15.7. The second-order valence-electron chi connectivity index (χ2n) is 12.5. The van der Waals surface area contributed by atoms with Crippen LogP contribution in [0.5, 0.6) is 0 Å². The summed E-state index contributed by atoms with van der Waals surface area (Å²) in [4.78, 5) is 35.2. The lowest BCUT2D eigenvalue weighted by atomic mass is 9.90. The minimum Gasteiger partial charge on any atom is -0.369 e. The highest BCUT2D eigenvalue weighted by molar-refractivity contribution is 7.89. The van der Waals surface area contributed by atoms with E-state index in [1.807, 2.05) is 54.6 Å². The number of hydrogen-bond donors (Lipinski definition) is 2. The number of aliphatic imine (C=N–C) groups is 1. The zero-order chi connectivity index (χ0) is 34.2. The van der Waals surface area contributed by atoms with Crippen LogP contribution in [0.1, 0.15) is 36.5 Å². The van der Waals surface area contributed by atoms with Crippen molar-refractivity contribution in [2.45, 2.75) is 36.6 Å². The molecule has 48 heavy (non-hydrogen) atoms. The van der Waals surface area contributed by atoms with Crippen molar-refractivity contribution in [2.75, 3.05) is 56.5 Å². The van der Waals surface area contributed by atoms with Crippen molar-refractivity contribution in [2.24, 2.45) is 4.99 Å². The van der Waals surface area contributed by atoms with Crippen LogP contribution >= 0.6 is 0 Å². The number of benzene rings is 3. The zero-order valence-corrected chi connectivity index (χ0v) is 27.7. The summed E-state index contributed by atoms with van der Waals surface area (Å²) in [5.74, 6) is -0.275. The summed E-state index contributed by atoms with van der Waals surface area (Å²) in [6.45, 7) is 5.28. The molecule has 3 heterocycles. The van der Waals surface area contributed by atoms with Crippen molar-refractivity contribution < 1.29 is 26.8 Å². The van der Waals surface area contributed by atoms with Crippen molar-refractivity contribution in [3.63, 3.8) is 0 Å². The third kappa shape index (κ3) is 6.96. The minimum atomic E-state index is -4.47. The van der Waals surface area contributed by atoms with Crippen LogP contribution in [-0.2, 0) is 19.6 Å². The standard InChI is InChI=1S/C35H36F2N6O4S/c1-23(2)38-31(44)14-9-25-19-29-28(20-30(25)48(46,47)43-21-35(36,37)22-43)32(34(45)40-29)33(24-7-5-4-6-8-24)39-26-10-12-27(13-11-26)42-17-15-41(3)16-18-42/h4-8,10-13,19-20,23,32H,15-18,21-22H2,1-3H3,(H,38,44)(H,40,45). The number of nitrogens with one attached hydrogen (secondary N) is 2.